The van der Waals surface area contributed by atoms with E-state index in [0.717, 1.165) is 28.3 Å². The molecule has 0 aliphatic carbocycles. The number of benzene rings is 2. The van der Waals surface area contributed by atoms with Crippen molar-refractivity contribution in [3.63, 3.8) is 0 Å². The standard InChI is InChI=1S/C21H22N2O3/c1-15-20(22-21(26-15)18-7-5-4-6-8-18)14-23(16(2)24)13-17-9-11-19(25-3)12-10-17/h4-12H,13-14H2,1-3H3. The van der Waals surface area contributed by atoms with Crippen LogP contribution in [0.4, 0.5) is 0 Å². The van der Waals surface area contributed by atoms with Gasteiger partial charge in [-0.25, -0.2) is 4.98 Å². The maximum atomic E-state index is 12.1. The number of amides is 1. The van der Waals surface area contributed by atoms with Gasteiger partial charge in [0.05, 0.1) is 13.7 Å². The van der Waals surface area contributed by atoms with Crippen LogP contribution in [-0.4, -0.2) is 22.9 Å². The largest absolute Gasteiger partial charge is 0.497 e. The summed E-state index contributed by atoms with van der Waals surface area (Å²) < 4.78 is 11.0. The SMILES string of the molecule is COc1ccc(CN(Cc2nc(-c3ccccc3)oc2C)C(C)=O)cc1. The van der Waals surface area contributed by atoms with Gasteiger partial charge in [0.15, 0.2) is 0 Å². The van der Waals surface area contributed by atoms with Crippen LogP contribution in [0.1, 0.15) is 23.9 Å². The molecule has 3 aromatic rings. The molecule has 0 saturated carbocycles. The lowest BCUT2D eigenvalue weighted by Gasteiger charge is -2.20. The van der Waals surface area contributed by atoms with Gasteiger partial charge in [0.25, 0.3) is 0 Å². The molecule has 0 aliphatic heterocycles. The van der Waals surface area contributed by atoms with E-state index in [9.17, 15) is 4.79 Å². The van der Waals surface area contributed by atoms with Crippen molar-refractivity contribution in [2.75, 3.05) is 7.11 Å². The number of carbonyl (C=O) groups is 1. The number of hydrogen-bond donors (Lipinski definition) is 0. The molecule has 0 saturated heterocycles. The Labute approximate surface area is 153 Å². The molecule has 0 unspecified atom stereocenters. The lowest BCUT2D eigenvalue weighted by atomic mass is 10.2. The monoisotopic (exact) mass is 350 g/mol. The summed E-state index contributed by atoms with van der Waals surface area (Å²) in [5.74, 6) is 2.09. The number of rotatable bonds is 6. The second-order valence-electron chi connectivity index (χ2n) is 6.11. The number of ether oxygens (including phenoxy) is 1. The lowest BCUT2D eigenvalue weighted by molar-refractivity contribution is -0.130. The van der Waals surface area contributed by atoms with Crippen molar-refractivity contribution in [1.82, 2.24) is 9.88 Å². The first-order valence-corrected chi connectivity index (χ1v) is 8.47. The Morgan fingerprint density at radius 1 is 1.08 bits per heavy atom. The third-order valence-corrected chi connectivity index (χ3v) is 4.23. The molecule has 0 bridgehead atoms. The van der Waals surface area contributed by atoms with Gasteiger partial charge in [0.1, 0.15) is 17.2 Å². The zero-order valence-corrected chi connectivity index (χ0v) is 15.2. The highest BCUT2D eigenvalue weighted by molar-refractivity contribution is 5.73. The number of carbonyl (C=O) groups excluding carboxylic acids is 1. The second kappa shape index (κ2) is 7.87. The van der Waals surface area contributed by atoms with Crippen LogP contribution < -0.4 is 4.74 Å². The summed E-state index contributed by atoms with van der Waals surface area (Å²) in [6, 6.07) is 17.4. The first kappa shape index (κ1) is 17.7. The molecule has 1 aromatic heterocycles. The normalized spacial score (nSPS) is 10.6. The van der Waals surface area contributed by atoms with Gasteiger partial charge in [-0.3, -0.25) is 4.79 Å². The first-order valence-electron chi connectivity index (χ1n) is 8.47. The van der Waals surface area contributed by atoms with Crippen LogP contribution in [0, 0.1) is 6.92 Å². The number of aryl methyl sites for hydroxylation is 1. The number of oxazole rings is 1. The molecule has 0 spiro atoms. The van der Waals surface area contributed by atoms with Crippen LogP contribution in [0.3, 0.4) is 0 Å². The van der Waals surface area contributed by atoms with E-state index in [4.69, 9.17) is 9.15 Å². The van der Waals surface area contributed by atoms with Gasteiger partial charge in [0.2, 0.25) is 11.8 Å². The van der Waals surface area contributed by atoms with E-state index < -0.39 is 0 Å². The van der Waals surface area contributed by atoms with E-state index in [1.54, 1.807) is 18.9 Å². The zero-order chi connectivity index (χ0) is 18.5. The Morgan fingerprint density at radius 2 is 1.77 bits per heavy atom. The highest BCUT2D eigenvalue weighted by Crippen LogP contribution is 2.23. The Hall–Kier alpha value is -3.08. The minimum absolute atomic E-state index is 0.00974. The van der Waals surface area contributed by atoms with Crippen molar-refractivity contribution in [2.45, 2.75) is 26.9 Å². The number of nitrogens with zero attached hydrogens (tertiary/aromatic N) is 2. The predicted molar refractivity (Wildman–Crippen MR) is 99.6 cm³/mol. The van der Waals surface area contributed by atoms with Gasteiger partial charge in [-0.1, -0.05) is 30.3 Å². The fraction of sp³-hybridized carbons (Fsp3) is 0.238. The molecule has 1 amide bonds. The van der Waals surface area contributed by atoms with Crippen molar-refractivity contribution in [3.8, 4) is 17.2 Å². The maximum absolute atomic E-state index is 12.1. The van der Waals surface area contributed by atoms with E-state index in [1.165, 1.54) is 0 Å². The highest BCUT2D eigenvalue weighted by Gasteiger charge is 2.17. The third-order valence-electron chi connectivity index (χ3n) is 4.23. The minimum Gasteiger partial charge on any atom is -0.497 e. The molecular formula is C21H22N2O3. The molecule has 0 N–H and O–H groups in total. The number of aromatic nitrogens is 1. The quantitative estimate of drug-likeness (QED) is 0.668. The fourth-order valence-electron chi connectivity index (χ4n) is 2.69. The molecule has 2 aromatic carbocycles. The van der Waals surface area contributed by atoms with Gasteiger partial charge in [-0.15, -0.1) is 0 Å². The summed E-state index contributed by atoms with van der Waals surface area (Å²) in [6.45, 7) is 4.35. The van der Waals surface area contributed by atoms with Crippen molar-refractivity contribution in [3.05, 3.63) is 71.6 Å². The molecular weight excluding hydrogens is 328 g/mol. The minimum atomic E-state index is -0.00974. The molecule has 0 fully saturated rings. The molecule has 134 valence electrons. The van der Waals surface area contributed by atoms with Crippen LogP contribution in [-0.2, 0) is 17.9 Å². The van der Waals surface area contributed by atoms with Crippen molar-refractivity contribution >= 4 is 5.91 Å². The van der Waals surface area contributed by atoms with Crippen LogP contribution in [0.15, 0.2) is 59.0 Å². The van der Waals surface area contributed by atoms with Gasteiger partial charge in [-0.2, -0.15) is 0 Å². The van der Waals surface area contributed by atoms with Crippen LogP contribution >= 0.6 is 0 Å². The van der Waals surface area contributed by atoms with E-state index in [2.05, 4.69) is 4.98 Å². The molecule has 26 heavy (non-hydrogen) atoms. The summed E-state index contributed by atoms with van der Waals surface area (Å²) in [4.78, 5) is 18.4. The van der Waals surface area contributed by atoms with Crippen molar-refractivity contribution < 1.29 is 13.9 Å². The maximum Gasteiger partial charge on any atom is 0.226 e. The lowest BCUT2D eigenvalue weighted by Crippen LogP contribution is -2.28. The summed E-state index contributed by atoms with van der Waals surface area (Å²) in [6.07, 6.45) is 0. The van der Waals surface area contributed by atoms with Gasteiger partial charge >= 0.3 is 0 Å². The Balaban J connectivity index is 1.77. The molecule has 0 radical (unpaired) electrons. The van der Waals surface area contributed by atoms with E-state index in [1.807, 2.05) is 61.5 Å². The molecule has 5 heteroatoms. The third kappa shape index (κ3) is 4.11. The molecule has 0 aliphatic rings. The topological polar surface area (TPSA) is 55.6 Å². The van der Waals surface area contributed by atoms with Crippen molar-refractivity contribution in [1.29, 1.82) is 0 Å². The molecule has 0 atom stereocenters. The van der Waals surface area contributed by atoms with Gasteiger partial charge < -0.3 is 14.1 Å². The number of hydrogen-bond acceptors (Lipinski definition) is 4. The summed E-state index contributed by atoms with van der Waals surface area (Å²) in [5, 5.41) is 0. The summed E-state index contributed by atoms with van der Waals surface area (Å²) >= 11 is 0. The number of methoxy groups -OCH3 is 1. The highest BCUT2D eigenvalue weighted by atomic mass is 16.5. The van der Waals surface area contributed by atoms with Gasteiger partial charge in [0, 0.05) is 19.0 Å². The Morgan fingerprint density at radius 3 is 2.38 bits per heavy atom. The summed E-state index contributed by atoms with van der Waals surface area (Å²) in [7, 11) is 1.63. The molecule has 1 heterocycles. The average Bonchev–Trinajstić information content (AvgIpc) is 3.03. The summed E-state index contributed by atoms with van der Waals surface area (Å²) in [5.41, 5.74) is 2.73. The molecule has 5 nitrogen and oxygen atoms in total. The van der Waals surface area contributed by atoms with Crippen LogP contribution in [0.25, 0.3) is 11.5 Å². The van der Waals surface area contributed by atoms with Crippen LogP contribution in [0.5, 0.6) is 5.75 Å². The van der Waals surface area contributed by atoms with Crippen molar-refractivity contribution in [2.24, 2.45) is 0 Å². The average molecular weight is 350 g/mol. The fourth-order valence-corrected chi connectivity index (χ4v) is 2.69. The Bertz CT molecular complexity index is 870. The Kier molecular flexibility index (Phi) is 5.37. The second-order valence-corrected chi connectivity index (χ2v) is 6.11. The molecule has 3 rings (SSSR count). The van der Waals surface area contributed by atoms with Crippen LogP contribution in [0.2, 0.25) is 0 Å². The van der Waals surface area contributed by atoms with Gasteiger partial charge in [-0.05, 0) is 36.8 Å². The van der Waals surface area contributed by atoms with E-state index in [-0.39, 0.29) is 5.91 Å². The van der Waals surface area contributed by atoms with E-state index in [0.29, 0.717) is 19.0 Å². The zero-order valence-electron chi connectivity index (χ0n) is 15.2. The predicted octanol–water partition coefficient (Wildman–Crippen LogP) is 4.21. The smallest absolute Gasteiger partial charge is 0.226 e. The van der Waals surface area contributed by atoms with E-state index >= 15 is 0 Å². The first-order chi connectivity index (χ1) is 12.6.